The normalized spacial score (nSPS) is 21.7. The van der Waals surface area contributed by atoms with Gasteiger partial charge in [0.2, 0.25) is 5.91 Å². The van der Waals surface area contributed by atoms with Gasteiger partial charge < -0.3 is 15.0 Å². The molecule has 2 aromatic carbocycles. The monoisotopic (exact) mass is 511 g/mol. The molecule has 1 saturated heterocycles. The highest BCUT2D eigenvalue weighted by Crippen LogP contribution is 2.49. The minimum absolute atomic E-state index is 0.0746. The Labute approximate surface area is 215 Å². The van der Waals surface area contributed by atoms with Crippen molar-refractivity contribution in [1.29, 1.82) is 5.26 Å². The molecule has 0 saturated carbocycles. The number of amides is 2. The van der Waals surface area contributed by atoms with Gasteiger partial charge in [0.1, 0.15) is 11.3 Å². The van der Waals surface area contributed by atoms with Crippen LogP contribution in [0.4, 0.5) is 0 Å². The van der Waals surface area contributed by atoms with E-state index in [1.165, 1.54) is 0 Å². The summed E-state index contributed by atoms with van der Waals surface area (Å²) in [6, 6.07) is 14.2. The summed E-state index contributed by atoms with van der Waals surface area (Å²) in [4.78, 5) is 28.4. The Hall–Kier alpha value is -3.01. The minimum Gasteiger partial charge on any atom is -0.498 e. The molecular formula is C27H27Cl2N3O3. The van der Waals surface area contributed by atoms with Gasteiger partial charge in [-0.05, 0) is 41.5 Å². The highest BCUT2D eigenvalue weighted by atomic mass is 35.5. The van der Waals surface area contributed by atoms with Crippen molar-refractivity contribution in [2.24, 2.45) is 5.41 Å². The molecule has 0 aliphatic carbocycles. The fourth-order valence-electron chi connectivity index (χ4n) is 4.96. The number of halogens is 2. The van der Waals surface area contributed by atoms with Crippen LogP contribution in [-0.4, -0.2) is 41.9 Å². The Morgan fingerprint density at radius 3 is 2.37 bits per heavy atom. The number of hydrogen-bond donors (Lipinski definition) is 1. The first kappa shape index (κ1) is 25.1. The quantitative estimate of drug-likeness (QED) is 0.613. The van der Waals surface area contributed by atoms with Crippen LogP contribution in [0.2, 0.25) is 10.0 Å². The molecular weight excluding hydrogens is 485 g/mol. The number of ether oxygens (including phenoxy) is 1. The summed E-state index contributed by atoms with van der Waals surface area (Å²) in [5.41, 5.74) is 1.16. The van der Waals surface area contributed by atoms with Crippen molar-refractivity contribution >= 4 is 40.6 Å². The highest BCUT2D eigenvalue weighted by molar-refractivity contribution is 6.35. The number of nitrogens with zero attached hydrogens (tertiary/aromatic N) is 2. The van der Waals surface area contributed by atoms with Gasteiger partial charge in [0.25, 0.3) is 5.91 Å². The van der Waals surface area contributed by atoms with E-state index in [-0.39, 0.29) is 17.9 Å². The Morgan fingerprint density at radius 2 is 1.83 bits per heavy atom. The van der Waals surface area contributed by atoms with Crippen LogP contribution in [0.1, 0.15) is 43.9 Å². The maximum absolute atomic E-state index is 13.8. The van der Waals surface area contributed by atoms with Crippen LogP contribution in [0, 0.1) is 16.7 Å². The van der Waals surface area contributed by atoms with E-state index < -0.39 is 11.0 Å². The van der Waals surface area contributed by atoms with Gasteiger partial charge in [-0.15, -0.1) is 0 Å². The van der Waals surface area contributed by atoms with E-state index >= 15 is 0 Å². The van der Waals surface area contributed by atoms with E-state index in [2.05, 4.69) is 11.4 Å². The van der Waals surface area contributed by atoms with Crippen molar-refractivity contribution in [3.05, 3.63) is 75.0 Å². The molecule has 1 fully saturated rings. The number of rotatable bonds is 5. The summed E-state index contributed by atoms with van der Waals surface area (Å²) in [6.07, 6.45) is 0.953. The van der Waals surface area contributed by atoms with E-state index in [1.54, 1.807) is 42.3 Å². The lowest BCUT2D eigenvalue weighted by atomic mass is 9.84. The van der Waals surface area contributed by atoms with E-state index in [4.69, 9.17) is 27.9 Å². The SMILES string of the molecule is COC1=C(c2cc(Cl)cc(Cl)c2)C(=O)N2CC(NC(=O)C(C)(C)C)CC12Cc1ccc(C#N)cc1. The van der Waals surface area contributed by atoms with Crippen molar-refractivity contribution in [3.8, 4) is 6.07 Å². The third kappa shape index (κ3) is 4.63. The zero-order valence-corrected chi connectivity index (χ0v) is 21.6. The molecule has 6 nitrogen and oxygen atoms in total. The smallest absolute Gasteiger partial charge is 0.258 e. The van der Waals surface area contributed by atoms with Crippen LogP contribution in [0.5, 0.6) is 0 Å². The Morgan fingerprint density at radius 1 is 1.20 bits per heavy atom. The standard InChI is InChI=1S/C27H27Cl2N3O3/c1-26(2,3)25(34)31-21-13-27(12-16-5-7-17(14-30)8-6-16)23(35-4)22(24(33)32(27)15-21)18-9-19(28)11-20(29)10-18/h5-11,21H,12-13,15H2,1-4H3,(H,31,34). The van der Waals surface area contributed by atoms with Gasteiger partial charge in [0.05, 0.1) is 24.3 Å². The van der Waals surface area contributed by atoms with Gasteiger partial charge >= 0.3 is 0 Å². The average molecular weight is 512 g/mol. The fraction of sp³-hybridized carbons (Fsp3) is 0.370. The van der Waals surface area contributed by atoms with Gasteiger partial charge in [0, 0.05) is 40.9 Å². The third-order valence-corrected chi connectivity index (χ3v) is 7.00. The molecule has 2 aliphatic heterocycles. The maximum atomic E-state index is 13.8. The average Bonchev–Trinajstić information content (AvgIpc) is 3.24. The highest BCUT2D eigenvalue weighted by Gasteiger charge is 2.58. The predicted octanol–water partition coefficient (Wildman–Crippen LogP) is 4.98. The largest absolute Gasteiger partial charge is 0.498 e. The van der Waals surface area contributed by atoms with E-state index in [1.807, 2.05) is 32.9 Å². The number of benzene rings is 2. The number of carbonyl (C=O) groups is 2. The van der Waals surface area contributed by atoms with Crippen LogP contribution in [0.3, 0.4) is 0 Å². The molecule has 0 aromatic heterocycles. The molecule has 8 heteroatoms. The summed E-state index contributed by atoms with van der Waals surface area (Å²) < 4.78 is 5.95. The predicted molar refractivity (Wildman–Crippen MR) is 136 cm³/mol. The molecule has 2 aromatic rings. The van der Waals surface area contributed by atoms with Crippen molar-refractivity contribution in [1.82, 2.24) is 10.2 Å². The first-order chi connectivity index (χ1) is 16.5. The Kier molecular flexibility index (Phi) is 6.61. The fourth-order valence-corrected chi connectivity index (χ4v) is 5.49. The van der Waals surface area contributed by atoms with E-state index in [0.29, 0.717) is 51.9 Å². The van der Waals surface area contributed by atoms with Gasteiger partial charge in [-0.2, -0.15) is 5.26 Å². The molecule has 1 N–H and O–H groups in total. The van der Waals surface area contributed by atoms with E-state index in [0.717, 1.165) is 5.56 Å². The second kappa shape index (κ2) is 9.22. The molecule has 2 heterocycles. The molecule has 0 spiro atoms. The third-order valence-electron chi connectivity index (χ3n) is 6.56. The molecule has 2 aliphatic rings. The number of nitriles is 1. The zero-order valence-electron chi connectivity index (χ0n) is 20.1. The van der Waals surface area contributed by atoms with Crippen molar-refractivity contribution < 1.29 is 14.3 Å². The summed E-state index contributed by atoms with van der Waals surface area (Å²) in [7, 11) is 1.56. The van der Waals surface area contributed by atoms with Crippen LogP contribution in [-0.2, 0) is 20.7 Å². The molecule has 4 rings (SSSR count). The first-order valence-corrected chi connectivity index (χ1v) is 12.1. The van der Waals surface area contributed by atoms with E-state index in [9.17, 15) is 14.9 Å². The number of fused-ring (bicyclic) bond motifs is 1. The second-order valence-corrected chi connectivity index (χ2v) is 11.0. The molecule has 182 valence electrons. The first-order valence-electron chi connectivity index (χ1n) is 11.4. The number of nitrogens with one attached hydrogen (secondary N) is 1. The second-order valence-electron chi connectivity index (χ2n) is 10.1. The summed E-state index contributed by atoms with van der Waals surface area (Å²) >= 11 is 12.5. The van der Waals surface area contributed by atoms with Gasteiger partial charge in [-0.3, -0.25) is 9.59 Å². The zero-order chi connectivity index (χ0) is 25.5. The summed E-state index contributed by atoms with van der Waals surface area (Å²) in [5.74, 6) is 0.258. The van der Waals surface area contributed by atoms with Gasteiger partial charge in [-0.25, -0.2) is 0 Å². The van der Waals surface area contributed by atoms with Crippen molar-refractivity contribution in [2.75, 3.05) is 13.7 Å². The molecule has 2 unspecified atom stereocenters. The van der Waals surface area contributed by atoms with Crippen molar-refractivity contribution in [3.63, 3.8) is 0 Å². The Bertz CT molecular complexity index is 1240. The molecule has 2 atom stereocenters. The summed E-state index contributed by atoms with van der Waals surface area (Å²) in [5, 5.41) is 13.1. The molecule has 0 bridgehead atoms. The summed E-state index contributed by atoms with van der Waals surface area (Å²) in [6.45, 7) is 5.92. The van der Waals surface area contributed by atoms with Crippen LogP contribution in [0.25, 0.3) is 5.57 Å². The minimum atomic E-state index is -0.806. The van der Waals surface area contributed by atoms with Crippen LogP contribution < -0.4 is 5.32 Å². The topological polar surface area (TPSA) is 82.4 Å². The van der Waals surface area contributed by atoms with Crippen LogP contribution in [0.15, 0.2) is 48.2 Å². The molecule has 0 radical (unpaired) electrons. The van der Waals surface area contributed by atoms with Crippen LogP contribution >= 0.6 is 23.2 Å². The maximum Gasteiger partial charge on any atom is 0.258 e. The van der Waals surface area contributed by atoms with Gasteiger partial charge in [0.15, 0.2) is 0 Å². The Balaban J connectivity index is 1.81. The lowest BCUT2D eigenvalue weighted by Crippen LogP contribution is -2.45. The number of hydrogen-bond acceptors (Lipinski definition) is 4. The van der Waals surface area contributed by atoms with Crippen molar-refractivity contribution in [2.45, 2.75) is 45.2 Å². The number of carbonyl (C=O) groups excluding carboxylic acids is 2. The lowest BCUT2D eigenvalue weighted by Gasteiger charge is -2.34. The lowest BCUT2D eigenvalue weighted by molar-refractivity contribution is -0.130. The number of methoxy groups -OCH3 is 1. The molecule has 35 heavy (non-hydrogen) atoms. The molecule has 2 amide bonds. The van der Waals surface area contributed by atoms with Gasteiger partial charge in [-0.1, -0.05) is 56.1 Å².